The topological polar surface area (TPSA) is 63.2 Å². The number of esters is 1. The summed E-state index contributed by atoms with van der Waals surface area (Å²) in [6, 6.07) is 28.8. The number of hydrogen-bond donors (Lipinski definition) is 0. The van der Waals surface area contributed by atoms with E-state index in [9.17, 15) is 4.79 Å². The molecule has 1 fully saturated rings. The van der Waals surface area contributed by atoms with E-state index >= 15 is 0 Å². The lowest BCUT2D eigenvalue weighted by Crippen LogP contribution is -2.67. The lowest BCUT2D eigenvalue weighted by molar-refractivity contribution is -0.152. The van der Waals surface area contributed by atoms with Crippen molar-refractivity contribution in [3.63, 3.8) is 0 Å². The fourth-order valence-corrected chi connectivity index (χ4v) is 14.6. The van der Waals surface area contributed by atoms with Crippen LogP contribution in [0.3, 0.4) is 0 Å². The first kappa shape index (κ1) is 49.0. The van der Waals surface area contributed by atoms with Crippen molar-refractivity contribution in [1.29, 1.82) is 0 Å². The molecule has 1 unspecified atom stereocenters. The molecule has 1 aliphatic rings. The average molecular weight is 859 g/mol. The fraction of sp³-hybridized carbons (Fsp3) is 0.580. The van der Waals surface area contributed by atoms with Crippen molar-refractivity contribution in [3.05, 3.63) is 108 Å². The van der Waals surface area contributed by atoms with E-state index in [-0.39, 0.29) is 46.4 Å². The zero-order chi connectivity index (χ0) is 44.0. The maximum atomic E-state index is 13.4. The molecule has 9 heteroatoms. The molecule has 1 aliphatic heterocycles. The highest BCUT2D eigenvalue weighted by Crippen LogP contribution is 2.42. The van der Waals surface area contributed by atoms with Gasteiger partial charge in [0.1, 0.15) is 6.10 Å². The minimum atomic E-state index is -2.75. The molecule has 59 heavy (non-hydrogen) atoms. The van der Waals surface area contributed by atoms with E-state index in [0.29, 0.717) is 12.2 Å². The molecule has 0 aromatic heterocycles. The monoisotopic (exact) mass is 859 g/mol. The van der Waals surface area contributed by atoms with Crippen LogP contribution in [0.4, 0.5) is 0 Å². The number of rotatable bonds is 18. The van der Waals surface area contributed by atoms with Gasteiger partial charge in [0, 0.05) is 14.2 Å². The Balaban J connectivity index is 1.61. The Morgan fingerprint density at radius 2 is 1.36 bits per heavy atom. The van der Waals surface area contributed by atoms with E-state index in [1.54, 1.807) is 0 Å². The first-order chi connectivity index (χ1) is 27.3. The lowest BCUT2D eigenvalue weighted by atomic mass is 9.95. The highest BCUT2D eigenvalue weighted by molar-refractivity contribution is 6.99. The highest BCUT2D eigenvalue weighted by Gasteiger charge is 2.52. The largest absolute Gasteiger partial charge is 0.462 e. The van der Waals surface area contributed by atoms with Crippen molar-refractivity contribution < 1.29 is 27.9 Å². The molecule has 0 aliphatic carbocycles. The van der Waals surface area contributed by atoms with E-state index in [0.717, 1.165) is 36.4 Å². The Hall–Kier alpha value is -2.64. The van der Waals surface area contributed by atoms with Gasteiger partial charge < -0.3 is 23.1 Å². The van der Waals surface area contributed by atoms with Crippen LogP contribution in [-0.2, 0) is 29.5 Å². The summed E-state index contributed by atoms with van der Waals surface area (Å²) in [5.74, 6) is -0.898. The Morgan fingerprint density at radius 3 is 1.88 bits per heavy atom. The van der Waals surface area contributed by atoms with E-state index in [1.165, 1.54) is 10.4 Å². The lowest BCUT2D eigenvalue weighted by Gasteiger charge is -2.45. The van der Waals surface area contributed by atoms with Crippen LogP contribution in [0.25, 0.3) is 0 Å². The normalized spacial score (nSPS) is 19.5. The van der Waals surface area contributed by atoms with Gasteiger partial charge in [0.05, 0.1) is 24.4 Å². The van der Waals surface area contributed by atoms with E-state index in [1.807, 2.05) is 32.9 Å². The van der Waals surface area contributed by atoms with Gasteiger partial charge >= 0.3 is 5.97 Å². The summed E-state index contributed by atoms with van der Waals surface area (Å²) in [6.07, 6.45) is 5.97. The molecule has 1 saturated heterocycles. The maximum absolute atomic E-state index is 13.4. The van der Waals surface area contributed by atoms with Crippen LogP contribution in [-0.4, -0.2) is 67.5 Å². The second-order valence-electron chi connectivity index (χ2n) is 21.2. The predicted molar refractivity (Wildman–Crippen MR) is 255 cm³/mol. The quantitative estimate of drug-likeness (QED) is 0.0721. The van der Waals surface area contributed by atoms with Gasteiger partial charge in [-0.2, -0.15) is 0 Å². The van der Waals surface area contributed by atoms with Gasteiger partial charge in [0.25, 0.3) is 8.32 Å². The Bertz CT molecular complexity index is 1780. The molecule has 0 saturated carbocycles. The molecule has 0 spiro atoms. The van der Waals surface area contributed by atoms with Crippen LogP contribution in [0.1, 0.15) is 104 Å². The van der Waals surface area contributed by atoms with Crippen LogP contribution in [0.5, 0.6) is 0 Å². The number of carbonyl (C=O) groups is 1. The molecule has 1 heterocycles. The van der Waals surface area contributed by atoms with Gasteiger partial charge in [-0.15, -0.1) is 0 Å². The van der Waals surface area contributed by atoms with Crippen molar-refractivity contribution >= 4 is 41.1 Å². The predicted octanol–water partition coefficient (Wildman–Crippen LogP) is 11.9. The molecular formula is C50H78O6Si3. The maximum Gasteiger partial charge on any atom is 0.338 e. The summed E-state index contributed by atoms with van der Waals surface area (Å²) in [5, 5.41) is 2.43. The SMILES string of the molecule is Cc1cccc(CCC[C@H]2OC(C)(C)O[C@@H]2C(/C=C\[C@H](C)[C@H](C)O[Si](c2ccccc2)(c2ccccc2)C(C)(C)C)O[Si](C)(C)C(C)(C)C)c1C(=O)OCC[Si](C)(C)C. The van der Waals surface area contributed by atoms with Crippen molar-refractivity contribution in [2.45, 2.75) is 174 Å². The molecule has 4 rings (SSSR count). The first-order valence-electron chi connectivity index (χ1n) is 22.0. The molecule has 3 aromatic carbocycles. The third-order valence-corrected chi connectivity index (χ3v) is 23.8. The van der Waals surface area contributed by atoms with E-state index < -0.39 is 30.5 Å². The van der Waals surface area contributed by atoms with Gasteiger partial charge in [0.15, 0.2) is 14.1 Å². The summed E-state index contributed by atoms with van der Waals surface area (Å²) in [5.41, 5.74) is 2.68. The number of benzene rings is 3. The minimum absolute atomic E-state index is 0.000110. The zero-order valence-corrected chi connectivity index (χ0v) is 42.5. The molecule has 3 aromatic rings. The summed E-state index contributed by atoms with van der Waals surface area (Å²) in [4.78, 5) is 13.4. The average Bonchev–Trinajstić information content (AvgIpc) is 3.44. The molecule has 326 valence electrons. The minimum Gasteiger partial charge on any atom is -0.462 e. The molecule has 0 amide bonds. The van der Waals surface area contributed by atoms with E-state index in [2.05, 4.69) is 167 Å². The zero-order valence-electron chi connectivity index (χ0n) is 39.5. The summed E-state index contributed by atoms with van der Waals surface area (Å²) in [7, 11) is -6.33. The number of ether oxygens (including phenoxy) is 3. The van der Waals surface area contributed by atoms with Crippen LogP contribution in [0, 0.1) is 12.8 Å². The summed E-state index contributed by atoms with van der Waals surface area (Å²) >= 11 is 0. The number of aryl methyl sites for hydroxylation is 2. The first-order valence-corrected chi connectivity index (χ1v) is 30.6. The molecular weight excluding hydrogens is 781 g/mol. The molecule has 0 N–H and O–H groups in total. The van der Waals surface area contributed by atoms with Gasteiger partial charge in [-0.25, -0.2) is 4.79 Å². The van der Waals surface area contributed by atoms with Crippen molar-refractivity contribution in [2.75, 3.05) is 6.61 Å². The van der Waals surface area contributed by atoms with E-state index in [4.69, 9.17) is 23.1 Å². The van der Waals surface area contributed by atoms with Crippen LogP contribution in [0.2, 0.25) is 48.9 Å². The van der Waals surface area contributed by atoms with Gasteiger partial charge in [-0.3, -0.25) is 0 Å². The molecule has 6 nitrogen and oxygen atoms in total. The smallest absolute Gasteiger partial charge is 0.338 e. The van der Waals surface area contributed by atoms with Gasteiger partial charge in [-0.05, 0) is 104 Å². The van der Waals surface area contributed by atoms with Gasteiger partial charge in [0.2, 0.25) is 0 Å². The molecule has 0 radical (unpaired) electrons. The van der Waals surface area contributed by atoms with Gasteiger partial charge in [-0.1, -0.05) is 159 Å². The highest BCUT2D eigenvalue weighted by atomic mass is 28.4. The fourth-order valence-electron chi connectivity index (χ4n) is 7.86. The van der Waals surface area contributed by atoms with Crippen LogP contribution in [0.15, 0.2) is 91.0 Å². The molecule has 0 bridgehead atoms. The van der Waals surface area contributed by atoms with Crippen LogP contribution < -0.4 is 10.4 Å². The summed E-state index contributed by atoms with van der Waals surface area (Å²) in [6.45, 7) is 36.3. The second-order valence-corrected chi connectivity index (χ2v) is 35.8. The van der Waals surface area contributed by atoms with Crippen molar-refractivity contribution in [2.24, 2.45) is 5.92 Å². The third-order valence-electron chi connectivity index (χ3n) is 12.5. The Morgan fingerprint density at radius 1 is 0.780 bits per heavy atom. The number of hydrogen-bond acceptors (Lipinski definition) is 6. The number of carbonyl (C=O) groups excluding carboxylic acids is 1. The van der Waals surface area contributed by atoms with Crippen molar-refractivity contribution in [3.8, 4) is 0 Å². The second kappa shape index (κ2) is 19.6. The molecule has 5 atom stereocenters. The Kier molecular flexibility index (Phi) is 16.3. The van der Waals surface area contributed by atoms with Crippen LogP contribution >= 0.6 is 0 Å². The summed E-state index contributed by atoms with van der Waals surface area (Å²) < 4.78 is 34.1. The van der Waals surface area contributed by atoms with Crippen molar-refractivity contribution in [1.82, 2.24) is 0 Å². The third kappa shape index (κ3) is 12.7. The standard InChI is InChI=1S/C50H78O6Si3/c1-37(39(3)55-59(49(7,8)9,41-28-19-17-20-29-41)42-30-21-18-22-31-42)33-34-44(56-58(15,16)48(4,5)6)46-43(53-50(10,11)54-46)32-24-27-40-26-23-25-38(2)45(40)47(51)52-35-36-57(12,13)14/h17-23,25-26,28-31,33-34,37,39,43-44,46H,24,27,32,35-36H2,1-16H3/b34-33-/t37-,39-,43+,44?,46-/m0/s1. The Labute approximate surface area is 362 Å².